The number of hydrogen-bond acceptors (Lipinski definition) is 4. The van der Waals surface area contributed by atoms with Gasteiger partial charge in [-0.3, -0.25) is 0 Å². The smallest absolute Gasteiger partial charge is 0.363 e. The van der Waals surface area contributed by atoms with Crippen LogP contribution >= 0.6 is 22.9 Å². The van der Waals surface area contributed by atoms with E-state index in [1.54, 1.807) is 6.08 Å². The summed E-state index contributed by atoms with van der Waals surface area (Å²) < 4.78 is 6.42. The van der Waals surface area contributed by atoms with Gasteiger partial charge in [0, 0.05) is 10.1 Å². The Labute approximate surface area is 154 Å². The van der Waals surface area contributed by atoms with Crippen LogP contribution in [0, 0.1) is 13.8 Å². The summed E-state index contributed by atoms with van der Waals surface area (Å²) in [5.41, 5.74) is 3.47. The van der Waals surface area contributed by atoms with Crippen LogP contribution in [0.25, 0.3) is 16.2 Å². The van der Waals surface area contributed by atoms with Crippen LogP contribution in [0.3, 0.4) is 0 Å². The molecule has 5 heteroatoms. The average Bonchev–Trinajstić information content (AvgIpc) is 3.08. The third-order valence-electron chi connectivity index (χ3n) is 3.95. The van der Waals surface area contributed by atoms with Crippen molar-refractivity contribution in [3.05, 3.63) is 74.8 Å². The molecule has 25 heavy (non-hydrogen) atoms. The molecule has 124 valence electrons. The molecule has 0 saturated heterocycles. The summed E-state index contributed by atoms with van der Waals surface area (Å²) in [5.74, 6) is -0.186. The van der Waals surface area contributed by atoms with Gasteiger partial charge in [0.2, 0.25) is 5.90 Å². The van der Waals surface area contributed by atoms with Crippen molar-refractivity contribution in [2.24, 2.45) is 4.99 Å². The Morgan fingerprint density at radius 2 is 1.92 bits per heavy atom. The average molecular weight is 368 g/mol. The van der Waals surface area contributed by atoms with Gasteiger partial charge >= 0.3 is 5.97 Å². The van der Waals surface area contributed by atoms with Crippen LogP contribution in [0.2, 0.25) is 5.02 Å². The topological polar surface area (TPSA) is 38.7 Å². The zero-order chi connectivity index (χ0) is 17.6. The van der Waals surface area contributed by atoms with E-state index in [1.807, 2.05) is 50.2 Å². The number of nitrogens with zero attached hydrogens (tertiary/aromatic N) is 1. The molecule has 0 aliphatic carbocycles. The van der Waals surface area contributed by atoms with Gasteiger partial charge in [0.05, 0.1) is 5.02 Å². The Hall–Kier alpha value is -2.43. The highest BCUT2D eigenvalue weighted by molar-refractivity contribution is 7.21. The quantitative estimate of drug-likeness (QED) is 0.442. The van der Waals surface area contributed by atoms with Crippen molar-refractivity contribution in [1.29, 1.82) is 0 Å². The summed E-state index contributed by atoms with van der Waals surface area (Å²) in [4.78, 5) is 17.2. The molecule has 0 saturated carbocycles. The minimum Gasteiger partial charge on any atom is -0.401 e. The summed E-state index contributed by atoms with van der Waals surface area (Å²) in [7, 11) is 0. The summed E-state index contributed by atoms with van der Waals surface area (Å²) >= 11 is 7.97. The van der Waals surface area contributed by atoms with E-state index in [0.29, 0.717) is 9.90 Å². The van der Waals surface area contributed by atoms with Gasteiger partial charge < -0.3 is 4.74 Å². The lowest BCUT2D eigenvalue weighted by Gasteiger charge is -1.96. The second-order valence-electron chi connectivity index (χ2n) is 5.99. The molecule has 0 spiro atoms. The third-order valence-corrected chi connectivity index (χ3v) is 5.59. The Morgan fingerprint density at radius 1 is 1.12 bits per heavy atom. The van der Waals surface area contributed by atoms with E-state index in [2.05, 4.69) is 11.1 Å². The highest BCUT2D eigenvalue weighted by atomic mass is 35.5. The van der Waals surface area contributed by atoms with Crippen molar-refractivity contribution in [1.82, 2.24) is 0 Å². The molecular formula is C20H14ClNO2S. The first kappa shape index (κ1) is 16.1. The normalized spacial score (nSPS) is 15.7. The van der Waals surface area contributed by atoms with E-state index in [4.69, 9.17) is 16.3 Å². The first-order valence-electron chi connectivity index (χ1n) is 7.79. The number of carbonyl (C=O) groups excluding carboxylic acids is 1. The van der Waals surface area contributed by atoms with Gasteiger partial charge in [-0.2, -0.15) is 0 Å². The predicted octanol–water partition coefficient (Wildman–Crippen LogP) is 5.52. The Morgan fingerprint density at radius 3 is 2.72 bits per heavy atom. The van der Waals surface area contributed by atoms with Crippen LogP contribution in [0.4, 0.5) is 0 Å². The molecule has 1 aliphatic heterocycles. The van der Waals surface area contributed by atoms with Crippen LogP contribution in [0.15, 0.2) is 53.2 Å². The highest BCUT2D eigenvalue weighted by Crippen LogP contribution is 2.37. The SMILES string of the molecule is Cc1cccc(/C=C2\N=C(c3sc4cc(C)ccc4c3Cl)OC2=O)c1. The number of rotatable bonds is 2. The number of fused-ring (bicyclic) bond motifs is 1. The molecule has 0 amide bonds. The number of carbonyl (C=O) groups is 1. The zero-order valence-electron chi connectivity index (χ0n) is 13.7. The minimum atomic E-state index is -0.457. The summed E-state index contributed by atoms with van der Waals surface area (Å²) in [6.07, 6.45) is 1.73. The van der Waals surface area contributed by atoms with Crippen molar-refractivity contribution < 1.29 is 9.53 Å². The number of aliphatic imine (C=N–C) groups is 1. The first-order valence-corrected chi connectivity index (χ1v) is 8.99. The number of halogens is 1. The van der Waals surface area contributed by atoms with Gasteiger partial charge in [-0.1, -0.05) is 53.6 Å². The van der Waals surface area contributed by atoms with Crippen LogP contribution < -0.4 is 0 Å². The lowest BCUT2D eigenvalue weighted by atomic mass is 10.1. The molecule has 0 N–H and O–H groups in total. The molecule has 0 radical (unpaired) electrons. The molecule has 3 aromatic rings. The lowest BCUT2D eigenvalue weighted by Crippen LogP contribution is -2.04. The summed E-state index contributed by atoms with van der Waals surface area (Å²) in [5, 5.41) is 1.52. The van der Waals surface area contributed by atoms with Crippen LogP contribution in [0.5, 0.6) is 0 Å². The number of cyclic esters (lactones) is 1. The fourth-order valence-corrected chi connectivity index (χ4v) is 4.27. The third kappa shape index (κ3) is 2.99. The van der Waals surface area contributed by atoms with Crippen molar-refractivity contribution >= 4 is 51.0 Å². The number of thiophene rings is 1. The molecule has 2 heterocycles. The Bertz CT molecular complexity index is 1080. The number of hydrogen-bond donors (Lipinski definition) is 0. The van der Waals surface area contributed by atoms with Crippen LogP contribution in [-0.4, -0.2) is 11.9 Å². The van der Waals surface area contributed by atoms with Gasteiger partial charge in [0.25, 0.3) is 0 Å². The molecule has 0 bridgehead atoms. The minimum absolute atomic E-state index is 0.271. The second-order valence-corrected chi connectivity index (χ2v) is 7.43. The molecule has 0 atom stereocenters. The van der Waals surface area contributed by atoms with E-state index in [-0.39, 0.29) is 11.6 Å². The lowest BCUT2D eigenvalue weighted by molar-refractivity contribution is -0.129. The van der Waals surface area contributed by atoms with Crippen molar-refractivity contribution in [3.63, 3.8) is 0 Å². The fourth-order valence-electron chi connectivity index (χ4n) is 2.73. The monoisotopic (exact) mass is 367 g/mol. The standard InChI is InChI=1S/C20H14ClNO2S/c1-11-4-3-5-13(8-11)10-15-20(23)24-19(22-15)18-17(21)14-7-6-12(2)9-16(14)25-18/h3-10H,1-2H3/b15-10-. The molecule has 1 aromatic heterocycles. The largest absolute Gasteiger partial charge is 0.401 e. The highest BCUT2D eigenvalue weighted by Gasteiger charge is 2.27. The maximum Gasteiger partial charge on any atom is 0.363 e. The maximum absolute atomic E-state index is 12.2. The van der Waals surface area contributed by atoms with E-state index in [9.17, 15) is 4.79 Å². The van der Waals surface area contributed by atoms with Crippen LogP contribution in [-0.2, 0) is 9.53 Å². The number of esters is 1. The number of ether oxygens (including phenoxy) is 1. The molecule has 3 nitrogen and oxygen atoms in total. The number of aryl methyl sites for hydroxylation is 2. The Balaban J connectivity index is 1.77. The first-order chi connectivity index (χ1) is 12.0. The molecule has 1 aliphatic rings. The van der Waals surface area contributed by atoms with Gasteiger partial charge in [-0.15, -0.1) is 11.3 Å². The van der Waals surface area contributed by atoms with E-state index in [0.717, 1.165) is 26.8 Å². The van der Waals surface area contributed by atoms with Crippen molar-refractivity contribution in [2.45, 2.75) is 13.8 Å². The Kier molecular flexibility index (Phi) is 3.94. The van der Waals surface area contributed by atoms with Gasteiger partial charge in [-0.25, -0.2) is 9.79 Å². The zero-order valence-corrected chi connectivity index (χ0v) is 15.2. The molecule has 0 fully saturated rings. The molecule has 4 rings (SSSR count). The van der Waals surface area contributed by atoms with Gasteiger partial charge in [-0.05, 0) is 37.1 Å². The summed E-state index contributed by atoms with van der Waals surface area (Å²) in [6, 6.07) is 13.9. The van der Waals surface area contributed by atoms with Crippen molar-refractivity contribution in [3.8, 4) is 0 Å². The van der Waals surface area contributed by atoms with E-state index in [1.165, 1.54) is 11.3 Å². The van der Waals surface area contributed by atoms with Gasteiger partial charge in [0.15, 0.2) is 5.70 Å². The van der Waals surface area contributed by atoms with E-state index >= 15 is 0 Å². The predicted molar refractivity (Wildman–Crippen MR) is 103 cm³/mol. The molecule has 0 unspecified atom stereocenters. The molecular weight excluding hydrogens is 354 g/mol. The van der Waals surface area contributed by atoms with Crippen LogP contribution in [0.1, 0.15) is 21.6 Å². The fraction of sp³-hybridized carbons (Fsp3) is 0.100. The number of benzene rings is 2. The van der Waals surface area contributed by atoms with E-state index < -0.39 is 5.97 Å². The molecule has 2 aromatic carbocycles. The van der Waals surface area contributed by atoms with Gasteiger partial charge in [0.1, 0.15) is 4.88 Å². The van der Waals surface area contributed by atoms with Crippen molar-refractivity contribution in [2.75, 3.05) is 0 Å². The second kappa shape index (κ2) is 6.14. The summed E-state index contributed by atoms with van der Waals surface area (Å²) in [6.45, 7) is 4.03. The maximum atomic E-state index is 12.2.